The highest BCUT2D eigenvalue weighted by Crippen LogP contribution is 2.47. The summed E-state index contributed by atoms with van der Waals surface area (Å²) in [5.74, 6) is 0.178. The molecule has 1 aromatic heterocycles. The number of nitrogens with one attached hydrogen (secondary N) is 3. The Morgan fingerprint density at radius 2 is 1.81 bits per heavy atom. The van der Waals surface area contributed by atoms with Gasteiger partial charge in [0.15, 0.2) is 10.6 Å². The first-order valence-corrected chi connectivity index (χ1v) is 9.19. The molecule has 1 aliphatic carbocycles. The predicted octanol–water partition coefficient (Wildman–Crippen LogP) is 4.29. The Hall–Kier alpha value is -2.18. The smallest absolute Gasteiger partial charge is 0.257 e. The quantitative estimate of drug-likeness (QED) is 0.638. The minimum absolute atomic E-state index is 0.0659. The van der Waals surface area contributed by atoms with Gasteiger partial charge in [0, 0.05) is 28.6 Å². The van der Waals surface area contributed by atoms with Gasteiger partial charge in [-0.25, -0.2) is 0 Å². The number of carbonyl (C=O) groups is 1. The Morgan fingerprint density at radius 3 is 2.50 bits per heavy atom. The van der Waals surface area contributed by atoms with Gasteiger partial charge in [0.25, 0.3) is 5.56 Å². The summed E-state index contributed by atoms with van der Waals surface area (Å²) in [6, 6.07) is 7.27. The second-order valence-corrected chi connectivity index (χ2v) is 8.48. The highest BCUT2D eigenvalue weighted by molar-refractivity contribution is 7.71. The van der Waals surface area contributed by atoms with Crippen molar-refractivity contribution in [2.75, 3.05) is 5.32 Å². The maximum atomic E-state index is 13.0. The van der Waals surface area contributed by atoms with Gasteiger partial charge in [-0.1, -0.05) is 37.6 Å². The first-order valence-electron chi connectivity index (χ1n) is 8.40. The van der Waals surface area contributed by atoms with Crippen LogP contribution in [0, 0.1) is 10.2 Å². The van der Waals surface area contributed by atoms with Crippen LogP contribution in [-0.4, -0.2) is 15.8 Å². The molecule has 0 saturated carbocycles. The highest BCUT2D eigenvalue weighted by atomic mass is 35.5. The molecule has 0 saturated heterocycles. The molecule has 0 spiro atoms. The van der Waals surface area contributed by atoms with E-state index >= 15 is 0 Å². The van der Waals surface area contributed by atoms with Crippen LogP contribution in [0.15, 0.2) is 40.3 Å². The molecule has 0 unspecified atom stereocenters. The minimum atomic E-state index is -0.447. The summed E-state index contributed by atoms with van der Waals surface area (Å²) in [7, 11) is 0. The Balaban J connectivity index is 2.00. The van der Waals surface area contributed by atoms with Crippen molar-refractivity contribution in [1.29, 1.82) is 0 Å². The number of anilines is 1. The molecular weight excluding hydrogens is 370 g/mol. The van der Waals surface area contributed by atoms with Crippen molar-refractivity contribution < 1.29 is 4.79 Å². The second kappa shape index (κ2) is 5.93. The fourth-order valence-electron chi connectivity index (χ4n) is 3.94. The van der Waals surface area contributed by atoms with Gasteiger partial charge in [0.2, 0.25) is 0 Å². The van der Waals surface area contributed by atoms with Crippen LogP contribution in [0.4, 0.5) is 5.82 Å². The summed E-state index contributed by atoms with van der Waals surface area (Å²) in [6.45, 7) is 4.15. The Kier molecular flexibility index (Phi) is 3.93. The molecule has 1 aromatic carbocycles. The molecule has 1 aliphatic heterocycles. The fraction of sp³-hybridized carbons (Fsp3) is 0.316. The molecule has 0 bridgehead atoms. The molecule has 26 heavy (non-hydrogen) atoms. The minimum Gasteiger partial charge on any atom is -0.344 e. The Labute approximate surface area is 160 Å². The van der Waals surface area contributed by atoms with E-state index in [2.05, 4.69) is 29.1 Å². The standard InChI is InChI=1S/C19H18ClN3O2S/c1-19(2)7-11-14(12(24)8-19)13(9-3-5-10(20)6-4-9)15-16(21-11)22-18(26)23-17(15)25/h3-6,13H,7-8H2,1-2H3,(H3,21,22,23,25,26)/t13-/m0/s1. The average Bonchev–Trinajstić information content (AvgIpc) is 2.52. The van der Waals surface area contributed by atoms with Gasteiger partial charge in [-0.05, 0) is 41.7 Å². The number of allylic oxidation sites excluding steroid dienone is 2. The molecule has 0 radical (unpaired) electrons. The number of H-pyrrole nitrogens is 2. The number of carbonyl (C=O) groups excluding carboxylic acids is 1. The summed E-state index contributed by atoms with van der Waals surface area (Å²) in [5.41, 5.74) is 2.43. The number of hydrogen-bond acceptors (Lipinski definition) is 4. The number of fused-ring (bicyclic) bond motifs is 1. The molecule has 2 heterocycles. The maximum absolute atomic E-state index is 13.0. The zero-order chi connectivity index (χ0) is 18.6. The maximum Gasteiger partial charge on any atom is 0.257 e. The van der Waals surface area contributed by atoms with Crippen molar-refractivity contribution in [3.63, 3.8) is 0 Å². The van der Waals surface area contributed by atoms with E-state index in [9.17, 15) is 9.59 Å². The van der Waals surface area contributed by atoms with Gasteiger partial charge in [0.1, 0.15) is 5.82 Å². The number of rotatable bonds is 1. The SMILES string of the molecule is CC1(C)CC(=O)C2=C(C1)Nc1[nH]c(=S)[nH]c(=O)c1[C@H]2c1ccc(Cl)cc1. The monoisotopic (exact) mass is 387 g/mol. The molecule has 2 aliphatic rings. The van der Waals surface area contributed by atoms with E-state index in [0.717, 1.165) is 17.7 Å². The summed E-state index contributed by atoms with van der Waals surface area (Å²) in [5, 5.41) is 3.87. The molecule has 4 rings (SSSR count). The lowest BCUT2D eigenvalue weighted by molar-refractivity contribution is -0.118. The Bertz CT molecular complexity index is 1060. The van der Waals surface area contributed by atoms with Crippen LogP contribution in [0.3, 0.4) is 0 Å². The lowest BCUT2D eigenvalue weighted by Crippen LogP contribution is -2.36. The number of benzene rings is 1. The van der Waals surface area contributed by atoms with Crippen LogP contribution < -0.4 is 10.9 Å². The third-order valence-corrected chi connectivity index (χ3v) is 5.41. The molecule has 7 heteroatoms. The Morgan fingerprint density at radius 1 is 1.12 bits per heavy atom. The van der Waals surface area contributed by atoms with Gasteiger partial charge in [-0.2, -0.15) is 0 Å². The highest BCUT2D eigenvalue weighted by Gasteiger charge is 2.41. The van der Waals surface area contributed by atoms with Crippen LogP contribution in [-0.2, 0) is 4.79 Å². The number of halogens is 1. The van der Waals surface area contributed by atoms with Crippen LogP contribution in [0.5, 0.6) is 0 Å². The second-order valence-electron chi connectivity index (χ2n) is 7.64. The van der Waals surface area contributed by atoms with Crippen LogP contribution in [0.1, 0.15) is 43.7 Å². The summed E-state index contributed by atoms with van der Waals surface area (Å²) in [6.07, 6.45) is 1.18. The van der Waals surface area contributed by atoms with E-state index in [-0.39, 0.29) is 21.5 Å². The third kappa shape index (κ3) is 2.83. The normalized spacial score (nSPS) is 21.0. The van der Waals surface area contributed by atoms with Crippen molar-refractivity contribution in [3.8, 4) is 0 Å². The van der Waals surface area contributed by atoms with Gasteiger partial charge in [-0.3, -0.25) is 14.6 Å². The van der Waals surface area contributed by atoms with Crippen molar-refractivity contribution in [1.82, 2.24) is 9.97 Å². The largest absolute Gasteiger partial charge is 0.344 e. The molecule has 1 atom stereocenters. The fourth-order valence-corrected chi connectivity index (χ4v) is 4.26. The molecule has 2 aromatic rings. The molecular formula is C19H18ClN3O2S. The van der Waals surface area contributed by atoms with Crippen molar-refractivity contribution >= 4 is 35.4 Å². The predicted molar refractivity (Wildman–Crippen MR) is 104 cm³/mol. The first-order chi connectivity index (χ1) is 12.2. The van der Waals surface area contributed by atoms with E-state index < -0.39 is 5.92 Å². The zero-order valence-corrected chi connectivity index (χ0v) is 16.0. The van der Waals surface area contributed by atoms with Crippen molar-refractivity contribution in [2.45, 2.75) is 32.6 Å². The average molecular weight is 388 g/mol. The van der Waals surface area contributed by atoms with E-state index in [1.807, 2.05) is 12.1 Å². The van der Waals surface area contributed by atoms with E-state index in [1.54, 1.807) is 12.1 Å². The summed E-state index contributed by atoms with van der Waals surface area (Å²) in [4.78, 5) is 31.4. The lowest BCUT2D eigenvalue weighted by atomic mass is 9.69. The van der Waals surface area contributed by atoms with E-state index in [1.165, 1.54) is 0 Å². The van der Waals surface area contributed by atoms with Gasteiger partial charge < -0.3 is 10.3 Å². The third-order valence-electron chi connectivity index (χ3n) is 4.96. The van der Waals surface area contributed by atoms with E-state index in [0.29, 0.717) is 28.4 Å². The molecule has 134 valence electrons. The number of aromatic nitrogens is 2. The zero-order valence-electron chi connectivity index (χ0n) is 14.4. The topological polar surface area (TPSA) is 77.8 Å². The number of aromatic amines is 2. The molecule has 3 N–H and O–H groups in total. The van der Waals surface area contributed by atoms with E-state index in [4.69, 9.17) is 23.8 Å². The van der Waals surface area contributed by atoms with Gasteiger partial charge >= 0.3 is 0 Å². The van der Waals surface area contributed by atoms with Crippen LogP contribution in [0.25, 0.3) is 0 Å². The van der Waals surface area contributed by atoms with Crippen LogP contribution >= 0.6 is 23.8 Å². The lowest BCUT2D eigenvalue weighted by Gasteiger charge is -2.38. The van der Waals surface area contributed by atoms with Gasteiger partial charge in [-0.15, -0.1) is 0 Å². The summed E-state index contributed by atoms with van der Waals surface area (Å²) < 4.78 is 0.251. The first kappa shape index (κ1) is 17.2. The molecule has 0 amide bonds. The summed E-state index contributed by atoms with van der Waals surface area (Å²) >= 11 is 11.1. The van der Waals surface area contributed by atoms with Gasteiger partial charge in [0.05, 0.1) is 5.56 Å². The molecule has 5 nitrogen and oxygen atoms in total. The molecule has 0 fully saturated rings. The van der Waals surface area contributed by atoms with Crippen molar-refractivity contribution in [3.05, 3.63) is 66.8 Å². The van der Waals surface area contributed by atoms with Crippen molar-refractivity contribution in [2.24, 2.45) is 5.41 Å². The number of ketones is 1. The number of Topliss-reactive ketones (excluding diaryl/α,β-unsaturated/α-hetero) is 1. The van der Waals surface area contributed by atoms with Crippen LogP contribution in [0.2, 0.25) is 5.02 Å². The number of hydrogen-bond donors (Lipinski definition) is 3.